The number of nitrogens with one attached hydrogen (secondary N) is 2. The van der Waals surface area contributed by atoms with Crippen LogP contribution in [0.4, 0.5) is 0 Å². The topological polar surface area (TPSA) is 48.0 Å². The summed E-state index contributed by atoms with van der Waals surface area (Å²) in [6.45, 7) is 3.16. The highest BCUT2D eigenvalue weighted by Gasteiger charge is 2.23. The summed E-state index contributed by atoms with van der Waals surface area (Å²) in [7, 11) is 0. The number of aromatic amines is 1. The summed E-state index contributed by atoms with van der Waals surface area (Å²) in [4.78, 5) is 4.00. The van der Waals surface area contributed by atoms with Gasteiger partial charge < -0.3 is 15.4 Å². The highest BCUT2D eigenvalue weighted by molar-refractivity contribution is 7.10. The van der Waals surface area contributed by atoms with Crippen molar-refractivity contribution in [2.24, 2.45) is 0 Å². The monoisotopic (exact) mass is 236 g/mol. The van der Waals surface area contributed by atoms with E-state index >= 15 is 0 Å². The van der Waals surface area contributed by atoms with Gasteiger partial charge in [-0.3, -0.25) is 0 Å². The lowest BCUT2D eigenvalue weighted by Crippen LogP contribution is -2.34. The second-order valence-electron chi connectivity index (χ2n) is 4.07. The number of rotatable bonds is 5. The minimum Gasteiger partial charge on any atom is -0.383 e. The standard InChI is InChI=1S/C12H16N2OS/c1-12(15,11-3-2-6-16-11)9-14-8-10-4-5-13-7-10/h2-7,13-15H,8-9H2,1H3. The first-order valence-electron chi connectivity index (χ1n) is 5.27. The Morgan fingerprint density at radius 1 is 1.50 bits per heavy atom. The van der Waals surface area contributed by atoms with Gasteiger partial charge in [0.1, 0.15) is 5.60 Å². The van der Waals surface area contributed by atoms with E-state index in [1.54, 1.807) is 11.3 Å². The number of hydrogen-bond acceptors (Lipinski definition) is 3. The summed E-state index contributed by atoms with van der Waals surface area (Å²) in [6, 6.07) is 5.94. The number of H-pyrrole nitrogens is 1. The van der Waals surface area contributed by atoms with Gasteiger partial charge in [-0.2, -0.15) is 0 Å². The smallest absolute Gasteiger partial charge is 0.108 e. The van der Waals surface area contributed by atoms with E-state index < -0.39 is 5.60 Å². The molecule has 2 aromatic heterocycles. The van der Waals surface area contributed by atoms with Gasteiger partial charge in [0.2, 0.25) is 0 Å². The summed E-state index contributed by atoms with van der Waals surface area (Å²) in [6.07, 6.45) is 3.85. The lowest BCUT2D eigenvalue weighted by molar-refractivity contribution is 0.0604. The molecule has 0 saturated carbocycles. The molecule has 0 spiro atoms. The van der Waals surface area contributed by atoms with Crippen LogP contribution in [0.2, 0.25) is 0 Å². The zero-order valence-electron chi connectivity index (χ0n) is 9.23. The Bertz CT molecular complexity index is 406. The second kappa shape index (κ2) is 4.82. The molecule has 0 radical (unpaired) electrons. The molecule has 2 aromatic rings. The lowest BCUT2D eigenvalue weighted by atomic mass is 10.1. The van der Waals surface area contributed by atoms with E-state index in [0.717, 1.165) is 11.4 Å². The van der Waals surface area contributed by atoms with Crippen molar-refractivity contribution in [2.45, 2.75) is 19.1 Å². The Hall–Kier alpha value is -1.10. The van der Waals surface area contributed by atoms with Crippen LogP contribution in [-0.4, -0.2) is 16.6 Å². The van der Waals surface area contributed by atoms with Crippen molar-refractivity contribution in [2.75, 3.05) is 6.54 Å². The molecule has 0 amide bonds. The van der Waals surface area contributed by atoms with Crippen molar-refractivity contribution in [3.8, 4) is 0 Å². The number of hydrogen-bond donors (Lipinski definition) is 3. The van der Waals surface area contributed by atoms with Crippen molar-refractivity contribution in [3.05, 3.63) is 46.4 Å². The number of aromatic nitrogens is 1. The van der Waals surface area contributed by atoms with Gasteiger partial charge in [0, 0.05) is 30.4 Å². The van der Waals surface area contributed by atoms with Crippen LogP contribution in [0.5, 0.6) is 0 Å². The van der Waals surface area contributed by atoms with Crippen molar-refractivity contribution in [3.63, 3.8) is 0 Å². The first-order valence-corrected chi connectivity index (χ1v) is 6.15. The molecule has 0 aliphatic heterocycles. The highest BCUT2D eigenvalue weighted by atomic mass is 32.1. The maximum absolute atomic E-state index is 10.2. The highest BCUT2D eigenvalue weighted by Crippen LogP contribution is 2.24. The SMILES string of the molecule is CC(O)(CNCc1cc[nH]c1)c1cccs1. The van der Waals surface area contributed by atoms with Crippen LogP contribution in [-0.2, 0) is 12.1 Å². The molecule has 4 heteroatoms. The van der Waals surface area contributed by atoms with Gasteiger partial charge in [0.25, 0.3) is 0 Å². The van der Waals surface area contributed by atoms with Crippen LogP contribution < -0.4 is 5.32 Å². The molecule has 0 bridgehead atoms. The van der Waals surface area contributed by atoms with Gasteiger partial charge in [-0.1, -0.05) is 6.07 Å². The Kier molecular flexibility index (Phi) is 3.43. The maximum Gasteiger partial charge on any atom is 0.108 e. The third kappa shape index (κ3) is 2.72. The first kappa shape index (κ1) is 11.4. The van der Waals surface area contributed by atoms with Crippen LogP contribution in [0.1, 0.15) is 17.4 Å². The first-order chi connectivity index (χ1) is 7.68. The molecule has 3 N–H and O–H groups in total. The summed E-state index contributed by atoms with van der Waals surface area (Å²) < 4.78 is 0. The molecule has 1 atom stereocenters. The molecular formula is C12H16N2OS. The van der Waals surface area contributed by atoms with Crippen molar-refractivity contribution < 1.29 is 5.11 Å². The predicted molar refractivity (Wildman–Crippen MR) is 66.4 cm³/mol. The summed E-state index contributed by atoms with van der Waals surface area (Å²) in [5.41, 5.74) is 0.409. The molecule has 0 fully saturated rings. The van der Waals surface area contributed by atoms with Crippen molar-refractivity contribution in [1.29, 1.82) is 0 Å². The summed E-state index contributed by atoms with van der Waals surface area (Å²) in [5.74, 6) is 0. The minimum atomic E-state index is -0.787. The van der Waals surface area contributed by atoms with Crippen LogP contribution >= 0.6 is 11.3 Å². The van der Waals surface area contributed by atoms with E-state index in [0.29, 0.717) is 6.54 Å². The van der Waals surface area contributed by atoms with Gasteiger partial charge in [0.15, 0.2) is 0 Å². The Morgan fingerprint density at radius 2 is 2.38 bits per heavy atom. The zero-order chi connectivity index (χ0) is 11.4. The largest absolute Gasteiger partial charge is 0.383 e. The van der Waals surface area contributed by atoms with E-state index in [1.165, 1.54) is 5.56 Å². The Balaban J connectivity index is 1.85. The normalized spacial score (nSPS) is 14.9. The fraction of sp³-hybridized carbons (Fsp3) is 0.333. The van der Waals surface area contributed by atoms with Crippen LogP contribution in [0, 0.1) is 0 Å². The lowest BCUT2D eigenvalue weighted by Gasteiger charge is -2.22. The quantitative estimate of drug-likeness (QED) is 0.744. The molecule has 2 rings (SSSR count). The van der Waals surface area contributed by atoms with Gasteiger partial charge in [-0.25, -0.2) is 0 Å². The number of thiophene rings is 1. The molecule has 2 heterocycles. The van der Waals surface area contributed by atoms with E-state index in [9.17, 15) is 5.11 Å². The molecule has 86 valence electrons. The molecule has 0 saturated heterocycles. The van der Waals surface area contributed by atoms with E-state index in [-0.39, 0.29) is 0 Å². The molecule has 16 heavy (non-hydrogen) atoms. The molecule has 0 aliphatic carbocycles. The Morgan fingerprint density at radius 3 is 3.00 bits per heavy atom. The van der Waals surface area contributed by atoms with Crippen LogP contribution in [0.15, 0.2) is 36.0 Å². The fourth-order valence-electron chi connectivity index (χ4n) is 1.59. The zero-order valence-corrected chi connectivity index (χ0v) is 10.1. The van der Waals surface area contributed by atoms with E-state index in [1.807, 2.05) is 42.9 Å². The molecule has 3 nitrogen and oxygen atoms in total. The summed E-state index contributed by atoms with van der Waals surface area (Å²) in [5, 5.41) is 15.5. The van der Waals surface area contributed by atoms with Gasteiger partial charge in [0.05, 0.1) is 0 Å². The van der Waals surface area contributed by atoms with Crippen LogP contribution in [0.3, 0.4) is 0 Å². The van der Waals surface area contributed by atoms with Gasteiger partial charge in [-0.05, 0) is 30.0 Å². The van der Waals surface area contributed by atoms with E-state index in [4.69, 9.17) is 0 Å². The van der Waals surface area contributed by atoms with Crippen LogP contribution in [0.25, 0.3) is 0 Å². The van der Waals surface area contributed by atoms with Gasteiger partial charge >= 0.3 is 0 Å². The third-order valence-electron chi connectivity index (χ3n) is 2.51. The fourth-order valence-corrected chi connectivity index (χ4v) is 2.38. The van der Waals surface area contributed by atoms with Crippen molar-refractivity contribution >= 4 is 11.3 Å². The number of aliphatic hydroxyl groups is 1. The predicted octanol–water partition coefficient (Wildman–Crippen LogP) is 2.07. The Labute approximate surface area is 99.1 Å². The molecular weight excluding hydrogens is 220 g/mol. The molecule has 0 aliphatic rings. The minimum absolute atomic E-state index is 0.554. The summed E-state index contributed by atoms with van der Waals surface area (Å²) >= 11 is 1.58. The molecule has 1 unspecified atom stereocenters. The van der Waals surface area contributed by atoms with Gasteiger partial charge in [-0.15, -0.1) is 11.3 Å². The maximum atomic E-state index is 10.2. The average molecular weight is 236 g/mol. The second-order valence-corrected chi connectivity index (χ2v) is 5.02. The van der Waals surface area contributed by atoms with E-state index in [2.05, 4.69) is 10.3 Å². The van der Waals surface area contributed by atoms with Crippen molar-refractivity contribution in [1.82, 2.24) is 10.3 Å². The average Bonchev–Trinajstić information content (AvgIpc) is 2.90. The third-order valence-corrected chi connectivity index (χ3v) is 3.64. The molecule has 0 aromatic carbocycles.